The van der Waals surface area contributed by atoms with E-state index >= 15 is 0 Å². The maximum Gasteiger partial charge on any atom is 0.226 e. The van der Waals surface area contributed by atoms with Crippen LogP contribution < -0.4 is 4.73 Å². The van der Waals surface area contributed by atoms with Crippen molar-refractivity contribution < 1.29 is 14.2 Å². The van der Waals surface area contributed by atoms with Crippen LogP contribution in [-0.2, 0) is 22.4 Å². The van der Waals surface area contributed by atoms with Crippen molar-refractivity contribution in [2.24, 2.45) is 0 Å². The predicted molar refractivity (Wildman–Crippen MR) is 102 cm³/mol. The molecule has 2 aromatic heterocycles. The third-order valence-corrected chi connectivity index (χ3v) is 4.48. The summed E-state index contributed by atoms with van der Waals surface area (Å²) in [4.78, 5) is 4.74. The fourth-order valence-corrected chi connectivity index (χ4v) is 3.42. The monoisotopic (exact) mass is 357 g/mol. The van der Waals surface area contributed by atoms with Crippen LogP contribution in [0, 0.1) is 5.21 Å². The van der Waals surface area contributed by atoms with Crippen LogP contribution in [0.3, 0.4) is 0 Å². The van der Waals surface area contributed by atoms with E-state index in [-0.39, 0.29) is 6.29 Å². The Kier molecular flexibility index (Phi) is 6.06. The van der Waals surface area contributed by atoms with Crippen molar-refractivity contribution in [1.82, 2.24) is 9.55 Å². The summed E-state index contributed by atoms with van der Waals surface area (Å²) < 4.78 is 14.5. The molecule has 0 unspecified atom stereocenters. The van der Waals surface area contributed by atoms with E-state index in [0.717, 1.165) is 52.8 Å². The van der Waals surface area contributed by atoms with Crippen molar-refractivity contribution in [3.63, 3.8) is 0 Å². The average molecular weight is 357 g/mol. The van der Waals surface area contributed by atoms with Crippen LogP contribution in [0.2, 0.25) is 0 Å². The van der Waals surface area contributed by atoms with E-state index in [0.29, 0.717) is 18.7 Å². The molecule has 0 aliphatic carbocycles. The maximum absolute atomic E-state index is 12.3. The summed E-state index contributed by atoms with van der Waals surface area (Å²) in [6.45, 7) is 8.07. The lowest BCUT2D eigenvalue weighted by Gasteiger charge is -2.18. The quantitative estimate of drug-likeness (QED) is 0.334. The Labute approximate surface area is 153 Å². The van der Waals surface area contributed by atoms with Crippen molar-refractivity contribution in [2.45, 2.75) is 52.9 Å². The number of hydrogen-bond acceptors (Lipinski definition) is 4. The number of para-hydroxylation sites is 1. The van der Waals surface area contributed by atoms with E-state index in [4.69, 9.17) is 14.5 Å². The lowest BCUT2D eigenvalue weighted by atomic mass is 10.2. The number of nitrogens with zero attached hydrogens (tertiary/aromatic N) is 3. The number of aryl methyl sites for hydroxylation is 2. The molecule has 3 rings (SSSR count). The van der Waals surface area contributed by atoms with Crippen LogP contribution in [0.25, 0.3) is 21.9 Å². The Morgan fingerprint density at radius 2 is 1.88 bits per heavy atom. The van der Waals surface area contributed by atoms with Crippen LogP contribution >= 0.6 is 0 Å². The highest BCUT2D eigenvalue weighted by atomic mass is 16.7. The largest absolute Gasteiger partial charge is 0.618 e. The maximum atomic E-state index is 12.3. The molecule has 0 bridgehead atoms. The molecule has 0 aliphatic heterocycles. The first-order valence-electron chi connectivity index (χ1n) is 9.42. The molecule has 0 aliphatic rings. The minimum Gasteiger partial charge on any atom is -0.618 e. The van der Waals surface area contributed by atoms with E-state index in [1.165, 1.54) is 0 Å². The highest BCUT2D eigenvalue weighted by Crippen LogP contribution is 2.25. The Bertz CT molecular complexity index is 869. The molecule has 0 radical (unpaired) electrons. The van der Waals surface area contributed by atoms with Gasteiger partial charge in [-0.05, 0) is 26.3 Å². The molecule has 0 saturated carbocycles. The minimum absolute atomic E-state index is 0.226. The molecule has 6 nitrogen and oxygen atoms in total. The highest BCUT2D eigenvalue weighted by Gasteiger charge is 2.19. The Morgan fingerprint density at radius 3 is 2.58 bits per heavy atom. The number of benzene rings is 1. The highest BCUT2D eigenvalue weighted by molar-refractivity contribution is 6.00. The first-order valence-corrected chi connectivity index (χ1v) is 9.42. The number of hydrogen-bond donors (Lipinski definition) is 0. The standard InChI is InChI=1S/C20H27N3O3/c1-4-9-18-21-16-14-23(24)17-11-8-7-10-15(17)20(16)22(18)13-12-19(25-5-2)26-6-3/h7-8,10-11,14,19H,4-6,9,12-13H2,1-3H3. The minimum atomic E-state index is -0.226. The first-order chi connectivity index (χ1) is 12.7. The van der Waals surface area contributed by atoms with Crippen LogP contribution in [0.4, 0.5) is 0 Å². The average Bonchev–Trinajstić information content (AvgIpc) is 2.98. The molecule has 0 atom stereocenters. The summed E-state index contributed by atoms with van der Waals surface area (Å²) in [5, 5.41) is 13.3. The first kappa shape index (κ1) is 18.6. The molecule has 0 amide bonds. The topological polar surface area (TPSA) is 63.2 Å². The second-order valence-electron chi connectivity index (χ2n) is 6.26. The summed E-state index contributed by atoms with van der Waals surface area (Å²) in [5.41, 5.74) is 2.42. The van der Waals surface area contributed by atoms with Gasteiger partial charge in [0.25, 0.3) is 0 Å². The van der Waals surface area contributed by atoms with E-state index < -0.39 is 0 Å². The SMILES string of the molecule is CCCc1nc2c[n+]([O-])c3ccccc3c2n1CCC(OCC)OCC. The van der Waals surface area contributed by atoms with Gasteiger partial charge in [-0.25, -0.2) is 4.98 Å². The number of ether oxygens (including phenoxy) is 2. The Balaban J connectivity index is 2.06. The van der Waals surface area contributed by atoms with Gasteiger partial charge in [0.15, 0.2) is 11.8 Å². The van der Waals surface area contributed by atoms with Crippen molar-refractivity contribution in [3.05, 3.63) is 41.5 Å². The third kappa shape index (κ3) is 3.66. The second kappa shape index (κ2) is 8.47. The van der Waals surface area contributed by atoms with E-state index in [2.05, 4.69) is 11.5 Å². The van der Waals surface area contributed by atoms with E-state index in [1.54, 1.807) is 6.20 Å². The van der Waals surface area contributed by atoms with Crippen molar-refractivity contribution in [2.75, 3.05) is 13.2 Å². The number of imidazole rings is 1. The number of pyridine rings is 1. The molecule has 0 N–H and O–H groups in total. The van der Waals surface area contributed by atoms with Crippen molar-refractivity contribution in [1.29, 1.82) is 0 Å². The van der Waals surface area contributed by atoms with Crippen LogP contribution in [0.1, 0.15) is 39.4 Å². The molecule has 140 valence electrons. The number of rotatable bonds is 9. The zero-order valence-corrected chi connectivity index (χ0v) is 15.8. The number of aromatic nitrogens is 3. The van der Waals surface area contributed by atoms with Gasteiger partial charge in [0.05, 0.1) is 10.9 Å². The fourth-order valence-electron chi connectivity index (χ4n) is 3.42. The zero-order valence-electron chi connectivity index (χ0n) is 15.8. The Morgan fingerprint density at radius 1 is 1.15 bits per heavy atom. The van der Waals surface area contributed by atoms with Gasteiger partial charge in [-0.1, -0.05) is 19.1 Å². The summed E-state index contributed by atoms with van der Waals surface area (Å²) >= 11 is 0. The number of fused-ring (bicyclic) bond motifs is 3. The lowest BCUT2D eigenvalue weighted by molar-refractivity contribution is -0.575. The normalized spacial score (nSPS) is 11.8. The molecule has 1 aromatic carbocycles. The van der Waals surface area contributed by atoms with Crippen LogP contribution in [0.15, 0.2) is 30.5 Å². The molecule has 2 heterocycles. The molecular formula is C20H27N3O3. The summed E-state index contributed by atoms with van der Waals surface area (Å²) in [7, 11) is 0. The molecule has 0 spiro atoms. The lowest BCUT2D eigenvalue weighted by Crippen LogP contribution is -2.26. The Hall–Kier alpha value is -2.18. The van der Waals surface area contributed by atoms with Gasteiger partial charge in [0, 0.05) is 38.7 Å². The zero-order chi connectivity index (χ0) is 18.5. The van der Waals surface area contributed by atoms with Gasteiger partial charge in [-0.2, -0.15) is 4.73 Å². The second-order valence-corrected chi connectivity index (χ2v) is 6.26. The van der Waals surface area contributed by atoms with E-state index in [9.17, 15) is 5.21 Å². The van der Waals surface area contributed by atoms with Gasteiger partial charge in [0.2, 0.25) is 11.7 Å². The summed E-state index contributed by atoms with van der Waals surface area (Å²) in [6, 6.07) is 7.68. The molecule has 3 aromatic rings. The molecule has 6 heteroatoms. The van der Waals surface area contributed by atoms with Gasteiger partial charge < -0.3 is 19.2 Å². The van der Waals surface area contributed by atoms with Crippen LogP contribution in [0.5, 0.6) is 0 Å². The predicted octanol–water partition coefficient (Wildman–Crippen LogP) is 3.56. The van der Waals surface area contributed by atoms with E-state index in [1.807, 2.05) is 38.1 Å². The van der Waals surface area contributed by atoms with Gasteiger partial charge in [0.1, 0.15) is 5.82 Å². The summed E-state index contributed by atoms with van der Waals surface area (Å²) in [5.74, 6) is 1.01. The molecule has 0 fully saturated rings. The van der Waals surface area contributed by atoms with Crippen molar-refractivity contribution in [3.8, 4) is 0 Å². The van der Waals surface area contributed by atoms with Crippen molar-refractivity contribution >= 4 is 21.9 Å². The third-order valence-electron chi connectivity index (χ3n) is 4.48. The molecule has 26 heavy (non-hydrogen) atoms. The van der Waals surface area contributed by atoms with Gasteiger partial charge >= 0.3 is 0 Å². The summed E-state index contributed by atoms with van der Waals surface area (Å²) in [6.07, 6.45) is 3.96. The van der Waals surface area contributed by atoms with Gasteiger partial charge in [-0.15, -0.1) is 0 Å². The van der Waals surface area contributed by atoms with Crippen LogP contribution in [-0.4, -0.2) is 29.1 Å². The van der Waals surface area contributed by atoms with Gasteiger partial charge in [-0.3, -0.25) is 0 Å². The smallest absolute Gasteiger partial charge is 0.226 e. The fraction of sp³-hybridized carbons (Fsp3) is 0.500. The molecule has 0 saturated heterocycles. The molecular weight excluding hydrogens is 330 g/mol.